The first-order chi connectivity index (χ1) is 23.1. The van der Waals surface area contributed by atoms with Gasteiger partial charge in [-0.05, 0) is 49.2 Å². The van der Waals surface area contributed by atoms with Gasteiger partial charge < -0.3 is 34.4 Å². The number of piperazine rings is 1. The maximum absolute atomic E-state index is 15.0. The Morgan fingerprint density at radius 1 is 1.17 bits per heavy atom. The molecule has 13 nitrogen and oxygen atoms in total. The minimum Gasteiger partial charge on any atom is -0.495 e. The van der Waals surface area contributed by atoms with Crippen LogP contribution in [-0.2, 0) is 9.53 Å². The van der Waals surface area contributed by atoms with Crippen molar-refractivity contribution >= 4 is 29.0 Å². The van der Waals surface area contributed by atoms with Crippen LogP contribution in [0, 0.1) is 13.5 Å². The van der Waals surface area contributed by atoms with E-state index in [1.165, 1.54) is 13.0 Å². The standard InChI is InChI=1S/C33H38F2N8O5/c1-20-16-37-32(39-28-8-6-25(30(38-28)46-4)42-13-11-41(12-14-42)23-17-47-18-23)40-29(20)22-5-7-26(24(15-22)36-3)48-27-9-10-43(19-33(27,34)35)31(45)21(2)44/h5-8,15-16,21,23,27,44H,9-14,17-19H2,1-2,4H3,(H,37,38,39,40)/t21-,27-/m0/s1. The molecule has 0 spiro atoms. The number of anilines is 3. The van der Waals surface area contributed by atoms with Gasteiger partial charge in [0.15, 0.2) is 6.10 Å². The van der Waals surface area contributed by atoms with Crippen LogP contribution in [-0.4, -0.2) is 120 Å². The van der Waals surface area contributed by atoms with E-state index in [9.17, 15) is 18.7 Å². The molecule has 3 saturated heterocycles. The first-order valence-corrected chi connectivity index (χ1v) is 15.8. The molecule has 1 aromatic carbocycles. The Morgan fingerprint density at radius 3 is 2.58 bits per heavy atom. The summed E-state index contributed by atoms with van der Waals surface area (Å²) in [7, 11) is 1.59. The number of nitrogens with zero attached hydrogens (tertiary/aromatic N) is 7. The van der Waals surface area contributed by atoms with Gasteiger partial charge in [-0.3, -0.25) is 9.69 Å². The Balaban J connectivity index is 1.15. The first kappa shape index (κ1) is 33.3. The largest absolute Gasteiger partial charge is 0.495 e. The van der Waals surface area contributed by atoms with Crippen molar-refractivity contribution < 1.29 is 32.9 Å². The summed E-state index contributed by atoms with van der Waals surface area (Å²) >= 11 is 0. The zero-order valence-corrected chi connectivity index (χ0v) is 27.0. The third-order valence-corrected chi connectivity index (χ3v) is 8.86. The van der Waals surface area contributed by atoms with E-state index in [1.54, 1.807) is 25.4 Å². The van der Waals surface area contributed by atoms with Gasteiger partial charge in [0.05, 0.1) is 45.2 Å². The summed E-state index contributed by atoms with van der Waals surface area (Å²) in [6.45, 7) is 15.1. The molecule has 3 aromatic rings. The fraction of sp³-hybridized carbons (Fsp3) is 0.485. The highest BCUT2D eigenvalue weighted by atomic mass is 19.3. The van der Waals surface area contributed by atoms with E-state index < -0.39 is 30.6 Å². The number of aliphatic hydroxyl groups is 1. The topological polar surface area (TPSA) is 130 Å². The second kappa shape index (κ2) is 13.8. The normalized spacial score (nSPS) is 20.4. The number of alkyl halides is 2. The SMILES string of the molecule is [C-]#[N+]c1cc(-c2nc(Nc3ccc(N4CCN(C5COC5)CC4)c(OC)n3)ncc2C)ccc1O[C@H]1CCN(C(=O)[C@H](C)O)CC1(F)F. The molecule has 2 aromatic heterocycles. The maximum atomic E-state index is 15.0. The number of benzene rings is 1. The summed E-state index contributed by atoms with van der Waals surface area (Å²) in [5.74, 6) is -2.88. The van der Waals surface area contributed by atoms with Crippen molar-refractivity contribution in [3.05, 3.63) is 53.5 Å². The number of methoxy groups -OCH3 is 1. The van der Waals surface area contributed by atoms with Crippen LogP contribution < -0.4 is 19.7 Å². The van der Waals surface area contributed by atoms with Crippen LogP contribution in [0.1, 0.15) is 18.9 Å². The molecule has 3 aliphatic rings. The zero-order valence-electron chi connectivity index (χ0n) is 27.0. The second-order valence-corrected chi connectivity index (χ2v) is 12.2. The van der Waals surface area contributed by atoms with Crippen LogP contribution in [0.2, 0.25) is 0 Å². The minimum absolute atomic E-state index is 0.00234. The van der Waals surface area contributed by atoms with Gasteiger partial charge in [0.1, 0.15) is 23.4 Å². The van der Waals surface area contributed by atoms with E-state index >= 15 is 0 Å². The number of piperidine rings is 1. The Morgan fingerprint density at radius 2 is 1.94 bits per heavy atom. The molecule has 3 aliphatic heterocycles. The molecule has 48 heavy (non-hydrogen) atoms. The molecule has 6 rings (SSSR count). The monoisotopic (exact) mass is 664 g/mol. The van der Waals surface area contributed by atoms with Gasteiger partial charge in [0.2, 0.25) is 17.5 Å². The number of carbonyl (C=O) groups excluding carboxylic acids is 1. The average Bonchev–Trinajstić information content (AvgIpc) is 3.05. The molecule has 0 saturated carbocycles. The van der Waals surface area contributed by atoms with Crippen LogP contribution in [0.25, 0.3) is 16.1 Å². The maximum Gasteiger partial charge on any atom is 0.301 e. The molecule has 2 atom stereocenters. The fourth-order valence-electron chi connectivity index (χ4n) is 6.09. The lowest BCUT2D eigenvalue weighted by Crippen LogP contribution is -2.56. The molecule has 5 heterocycles. The number of ether oxygens (including phenoxy) is 3. The Labute approximate surface area is 277 Å². The molecular formula is C33H38F2N8O5. The molecule has 0 bridgehead atoms. The van der Waals surface area contributed by atoms with Crippen LogP contribution in [0.5, 0.6) is 11.6 Å². The highest BCUT2D eigenvalue weighted by molar-refractivity contribution is 5.80. The van der Waals surface area contributed by atoms with Gasteiger partial charge in [-0.15, -0.1) is 0 Å². The van der Waals surface area contributed by atoms with Crippen molar-refractivity contribution in [3.8, 4) is 22.9 Å². The highest BCUT2D eigenvalue weighted by Crippen LogP contribution is 2.38. The summed E-state index contributed by atoms with van der Waals surface area (Å²) < 4.78 is 46.6. The number of halogens is 2. The number of hydrogen-bond acceptors (Lipinski definition) is 11. The smallest absolute Gasteiger partial charge is 0.301 e. The number of aryl methyl sites for hydroxylation is 1. The quantitative estimate of drug-likeness (QED) is 0.325. The van der Waals surface area contributed by atoms with Gasteiger partial charge >= 0.3 is 5.92 Å². The van der Waals surface area contributed by atoms with Gasteiger partial charge in [-0.2, -0.15) is 4.98 Å². The van der Waals surface area contributed by atoms with E-state index in [0.717, 1.165) is 55.5 Å². The van der Waals surface area contributed by atoms with E-state index in [2.05, 4.69) is 34.9 Å². The van der Waals surface area contributed by atoms with Crippen molar-refractivity contribution in [2.75, 3.05) is 69.8 Å². The predicted molar refractivity (Wildman–Crippen MR) is 173 cm³/mol. The number of carbonyl (C=O) groups is 1. The minimum atomic E-state index is -3.38. The lowest BCUT2D eigenvalue weighted by Gasteiger charge is -2.43. The number of pyridine rings is 1. The lowest BCUT2D eigenvalue weighted by atomic mass is 10.0. The molecule has 1 amide bonds. The summed E-state index contributed by atoms with van der Waals surface area (Å²) in [5, 5.41) is 12.7. The summed E-state index contributed by atoms with van der Waals surface area (Å²) in [5.41, 5.74) is 2.80. The predicted octanol–water partition coefficient (Wildman–Crippen LogP) is 3.67. The molecule has 0 unspecified atom stereocenters. The van der Waals surface area contributed by atoms with E-state index in [1.807, 2.05) is 19.1 Å². The van der Waals surface area contributed by atoms with Gasteiger partial charge in [0, 0.05) is 45.3 Å². The van der Waals surface area contributed by atoms with E-state index in [0.29, 0.717) is 29.0 Å². The van der Waals surface area contributed by atoms with Crippen molar-refractivity contribution in [3.63, 3.8) is 0 Å². The average molecular weight is 665 g/mol. The van der Waals surface area contributed by atoms with Crippen molar-refractivity contribution in [2.45, 2.75) is 44.4 Å². The van der Waals surface area contributed by atoms with Crippen molar-refractivity contribution in [1.29, 1.82) is 0 Å². The van der Waals surface area contributed by atoms with E-state index in [4.69, 9.17) is 20.8 Å². The number of amides is 1. The Kier molecular flexibility index (Phi) is 9.58. The van der Waals surface area contributed by atoms with Gasteiger partial charge in [-0.25, -0.2) is 23.6 Å². The van der Waals surface area contributed by atoms with Gasteiger partial charge in [-0.1, -0.05) is 6.07 Å². The third-order valence-electron chi connectivity index (χ3n) is 8.86. The molecular weight excluding hydrogens is 626 g/mol. The molecule has 2 N–H and O–H groups in total. The van der Waals surface area contributed by atoms with Gasteiger partial charge in [0.25, 0.3) is 5.91 Å². The Bertz CT molecular complexity index is 1690. The summed E-state index contributed by atoms with van der Waals surface area (Å²) in [6.07, 6.45) is -1.42. The molecule has 3 fully saturated rings. The summed E-state index contributed by atoms with van der Waals surface area (Å²) in [4.78, 5) is 35.0. The number of aliphatic hydroxyl groups excluding tert-OH is 1. The summed E-state index contributed by atoms with van der Waals surface area (Å²) in [6, 6.07) is 8.99. The molecule has 0 aliphatic carbocycles. The van der Waals surface area contributed by atoms with Crippen LogP contribution in [0.3, 0.4) is 0 Å². The van der Waals surface area contributed by atoms with Crippen LogP contribution in [0.15, 0.2) is 36.5 Å². The first-order valence-electron chi connectivity index (χ1n) is 15.8. The molecule has 254 valence electrons. The lowest BCUT2D eigenvalue weighted by molar-refractivity contribution is -0.165. The fourth-order valence-corrected chi connectivity index (χ4v) is 6.09. The second-order valence-electron chi connectivity index (χ2n) is 12.2. The van der Waals surface area contributed by atoms with Crippen LogP contribution >= 0.6 is 0 Å². The van der Waals surface area contributed by atoms with Crippen molar-refractivity contribution in [2.24, 2.45) is 0 Å². The number of hydrogen-bond donors (Lipinski definition) is 2. The number of likely N-dealkylation sites (tertiary alicyclic amines) is 1. The number of aromatic nitrogens is 3. The third kappa shape index (κ3) is 6.96. The van der Waals surface area contributed by atoms with Crippen molar-refractivity contribution in [1.82, 2.24) is 24.8 Å². The molecule has 15 heteroatoms. The van der Waals surface area contributed by atoms with Crippen LogP contribution in [0.4, 0.5) is 31.9 Å². The molecule has 0 radical (unpaired) electrons. The zero-order chi connectivity index (χ0) is 34.0. The highest BCUT2D eigenvalue weighted by Gasteiger charge is 2.48. The van der Waals surface area contributed by atoms with E-state index in [-0.39, 0.29) is 30.4 Å². The number of nitrogens with one attached hydrogen (secondary N) is 1. The Hall–Kier alpha value is -4.65. The number of rotatable bonds is 9.